The number of hydrogen-bond donors (Lipinski definition) is 1. The minimum Gasteiger partial charge on any atom is -0.476 e. The molecule has 2 amide bonds. The number of carboxylic acids is 1. The van der Waals surface area contributed by atoms with Crippen LogP contribution in [0.15, 0.2) is 5.38 Å². The lowest BCUT2D eigenvalue weighted by Gasteiger charge is -2.27. The minimum atomic E-state index is -1.10. The van der Waals surface area contributed by atoms with Gasteiger partial charge in [-0.15, -0.1) is 11.3 Å². The number of hydrogen-bond acceptors (Lipinski definition) is 5. The Labute approximate surface area is 107 Å². The first-order valence-electron chi connectivity index (χ1n) is 5.48. The maximum Gasteiger partial charge on any atom is 0.365 e. The monoisotopic (exact) mass is 268 g/mol. The smallest absolute Gasteiger partial charge is 0.365 e. The summed E-state index contributed by atoms with van der Waals surface area (Å²) >= 11 is 0.989. The fourth-order valence-corrected chi connectivity index (χ4v) is 2.49. The van der Waals surface area contributed by atoms with Gasteiger partial charge in [0.2, 0.25) is 16.8 Å². The van der Waals surface area contributed by atoms with Crippen LogP contribution in [0.25, 0.3) is 0 Å². The molecule has 1 N–H and O–H groups in total. The van der Waals surface area contributed by atoms with Gasteiger partial charge in [-0.3, -0.25) is 14.5 Å². The number of aromatic nitrogens is 1. The highest BCUT2D eigenvalue weighted by molar-refractivity contribution is 7.11. The molecule has 1 aromatic heterocycles. The summed E-state index contributed by atoms with van der Waals surface area (Å²) in [6.45, 7) is 1.92. The van der Waals surface area contributed by atoms with E-state index in [4.69, 9.17) is 5.11 Å². The van der Waals surface area contributed by atoms with Crippen LogP contribution in [0.1, 0.15) is 35.3 Å². The van der Waals surface area contributed by atoms with E-state index in [9.17, 15) is 14.4 Å². The van der Waals surface area contributed by atoms with E-state index < -0.39 is 5.97 Å². The predicted octanol–water partition coefficient (Wildman–Crippen LogP) is 1.13. The second-order valence-electron chi connectivity index (χ2n) is 4.34. The Bertz CT molecular complexity index is 493. The number of aromatic carboxylic acids is 1. The Morgan fingerprint density at radius 2 is 2.11 bits per heavy atom. The number of carbonyl (C=O) groups is 3. The number of likely N-dealkylation sites (tertiary alicyclic amines) is 1. The van der Waals surface area contributed by atoms with Crippen LogP contribution in [0.4, 0.5) is 0 Å². The van der Waals surface area contributed by atoms with E-state index in [1.807, 2.05) is 6.92 Å². The van der Waals surface area contributed by atoms with Gasteiger partial charge in [0, 0.05) is 18.2 Å². The molecule has 0 atom stereocenters. The Balaban J connectivity index is 2.10. The van der Waals surface area contributed by atoms with Crippen LogP contribution in [-0.2, 0) is 16.1 Å². The largest absolute Gasteiger partial charge is 0.476 e. The molecule has 1 aliphatic heterocycles. The molecule has 18 heavy (non-hydrogen) atoms. The molecular weight excluding hydrogens is 256 g/mol. The van der Waals surface area contributed by atoms with E-state index in [1.165, 1.54) is 0 Å². The highest BCUT2D eigenvalue weighted by atomic mass is 32.1. The maximum atomic E-state index is 11.7. The van der Waals surface area contributed by atoms with Crippen LogP contribution >= 0.6 is 11.3 Å². The minimum absolute atomic E-state index is 0.0322. The topological polar surface area (TPSA) is 87.6 Å². The van der Waals surface area contributed by atoms with Gasteiger partial charge in [-0.2, -0.15) is 0 Å². The normalized spacial score (nSPS) is 17.3. The van der Waals surface area contributed by atoms with Crippen LogP contribution in [0.2, 0.25) is 0 Å². The fraction of sp³-hybridized carbons (Fsp3) is 0.455. The molecule has 1 fully saturated rings. The van der Waals surface area contributed by atoms with Crippen molar-refractivity contribution in [2.45, 2.75) is 26.3 Å². The lowest BCUT2D eigenvalue weighted by molar-refractivity contribution is -0.150. The number of piperidine rings is 1. The zero-order chi connectivity index (χ0) is 13.3. The van der Waals surface area contributed by atoms with Crippen LogP contribution < -0.4 is 0 Å². The van der Waals surface area contributed by atoms with E-state index in [0.29, 0.717) is 18.5 Å². The summed E-state index contributed by atoms with van der Waals surface area (Å²) in [6.07, 6.45) is 0.698. The molecule has 0 saturated carbocycles. The molecule has 0 aromatic carbocycles. The van der Waals surface area contributed by atoms with Crippen LogP contribution in [0.3, 0.4) is 0 Å². The van der Waals surface area contributed by atoms with Crippen molar-refractivity contribution in [2.75, 3.05) is 0 Å². The third kappa shape index (κ3) is 2.56. The van der Waals surface area contributed by atoms with Crippen molar-refractivity contribution in [3.05, 3.63) is 16.1 Å². The molecule has 0 radical (unpaired) electrons. The predicted molar refractivity (Wildman–Crippen MR) is 63.0 cm³/mol. The van der Waals surface area contributed by atoms with Gasteiger partial charge < -0.3 is 5.11 Å². The van der Waals surface area contributed by atoms with Gasteiger partial charge in [-0.05, 0) is 5.92 Å². The van der Waals surface area contributed by atoms with Crippen molar-refractivity contribution in [3.8, 4) is 0 Å². The van der Waals surface area contributed by atoms with Gasteiger partial charge in [-0.25, -0.2) is 9.78 Å². The third-order valence-corrected chi connectivity index (χ3v) is 3.58. The van der Waals surface area contributed by atoms with E-state index in [1.54, 1.807) is 5.38 Å². The summed E-state index contributed by atoms with van der Waals surface area (Å²) in [4.78, 5) is 39.1. The SMILES string of the molecule is CC1CC(=O)N(Cc2csc(C(=O)O)n2)C(=O)C1. The Morgan fingerprint density at radius 1 is 1.50 bits per heavy atom. The molecule has 0 aliphatic carbocycles. The molecular formula is C11H12N2O4S. The molecule has 0 spiro atoms. The molecule has 7 heteroatoms. The number of thiazole rings is 1. The number of nitrogens with zero attached hydrogens (tertiary/aromatic N) is 2. The van der Waals surface area contributed by atoms with Crippen molar-refractivity contribution >= 4 is 29.1 Å². The Kier molecular flexibility index (Phi) is 3.42. The van der Waals surface area contributed by atoms with E-state index in [0.717, 1.165) is 16.2 Å². The van der Waals surface area contributed by atoms with Crippen molar-refractivity contribution in [2.24, 2.45) is 5.92 Å². The summed E-state index contributed by atoms with van der Waals surface area (Å²) in [5.74, 6) is -1.46. The van der Waals surface area contributed by atoms with E-state index >= 15 is 0 Å². The first-order valence-corrected chi connectivity index (χ1v) is 6.36. The van der Waals surface area contributed by atoms with Crippen molar-refractivity contribution < 1.29 is 19.5 Å². The molecule has 2 heterocycles. The van der Waals surface area contributed by atoms with Crippen molar-refractivity contribution in [3.63, 3.8) is 0 Å². The third-order valence-electron chi connectivity index (χ3n) is 2.70. The summed E-state index contributed by atoms with van der Waals surface area (Å²) in [6, 6.07) is 0. The highest BCUT2D eigenvalue weighted by Crippen LogP contribution is 2.21. The Morgan fingerprint density at radius 3 is 2.61 bits per heavy atom. The fourth-order valence-electron chi connectivity index (χ4n) is 1.84. The number of amides is 2. The van der Waals surface area contributed by atoms with Crippen molar-refractivity contribution in [1.82, 2.24) is 9.88 Å². The number of carboxylic acid groups (broad SMARTS) is 1. The quantitative estimate of drug-likeness (QED) is 0.830. The zero-order valence-electron chi connectivity index (χ0n) is 9.75. The van der Waals surface area contributed by atoms with Gasteiger partial charge >= 0.3 is 5.97 Å². The standard InChI is InChI=1S/C11H12N2O4S/c1-6-2-8(14)13(9(15)3-6)4-7-5-18-10(12-7)11(16)17/h5-6H,2-4H2,1H3,(H,16,17). The van der Waals surface area contributed by atoms with Crippen LogP contribution in [0, 0.1) is 5.92 Å². The van der Waals surface area contributed by atoms with Crippen LogP contribution in [0.5, 0.6) is 0 Å². The van der Waals surface area contributed by atoms with E-state index in [-0.39, 0.29) is 29.3 Å². The number of rotatable bonds is 3. The molecule has 0 unspecified atom stereocenters. The lowest BCUT2D eigenvalue weighted by Crippen LogP contribution is -2.42. The second kappa shape index (κ2) is 4.85. The van der Waals surface area contributed by atoms with Gasteiger partial charge in [0.05, 0.1) is 12.2 Å². The molecule has 1 aliphatic rings. The molecule has 96 valence electrons. The molecule has 6 nitrogen and oxygen atoms in total. The summed E-state index contributed by atoms with van der Waals surface area (Å²) in [5.41, 5.74) is 0.439. The van der Waals surface area contributed by atoms with Crippen LogP contribution in [-0.4, -0.2) is 32.8 Å². The number of carbonyl (C=O) groups excluding carboxylic acids is 2. The van der Waals surface area contributed by atoms with Gasteiger partial charge in [0.25, 0.3) is 0 Å². The molecule has 0 bridgehead atoms. The molecule has 2 rings (SSSR count). The zero-order valence-corrected chi connectivity index (χ0v) is 10.6. The Hall–Kier alpha value is -1.76. The molecule has 1 saturated heterocycles. The lowest BCUT2D eigenvalue weighted by atomic mass is 9.98. The summed E-state index contributed by atoms with van der Waals surface area (Å²) in [7, 11) is 0. The summed E-state index contributed by atoms with van der Waals surface area (Å²) < 4.78 is 0. The molecule has 1 aromatic rings. The summed E-state index contributed by atoms with van der Waals surface area (Å²) in [5, 5.41) is 10.3. The van der Waals surface area contributed by atoms with Gasteiger partial charge in [0.1, 0.15) is 0 Å². The van der Waals surface area contributed by atoms with E-state index in [2.05, 4.69) is 4.98 Å². The van der Waals surface area contributed by atoms with Gasteiger partial charge in [0.15, 0.2) is 0 Å². The van der Waals surface area contributed by atoms with Crippen molar-refractivity contribution in [1.29, 1.82) is 0 Å². The average Bonchev–Trinajstić information content (AvgIpc) is 2.71. The average molecular weight is 268 g/mol. The second-order valence-corrected chi connectivity index (χ2v) is 5.19. The number of imide groups is 1. The highest BCUT2D eigenvalue weighted by Gasteiger charge is 2.30. The maximum absolute atomic E-state index is 11.7. The first-order chi connectivity index (χ1) is 8.47. The first kappa shape index (κ1) is 12.7. The van der Waals surface area contributed by atoms with Gasteiger partial charge in [-0.1, -0.05) is 6.92 Å².